The van der Waals surface area contributed by atoms with Crippen LogP contribution in [0.15, 0.2) is 29.3 Å². The van der Waals surface area contributed by atoms with Crippen LogP contribution < -0.4 is 4.90 Å². The lowest BCUT2D eigenvalue weighted by atomic mass is 10.3. The van der Waals surface area contributed by atoms with Gasteiger partial charge in [0.15, 0.2) is 5.17 Å². The third kappa shape index (κ3) is 3.61. The van der Waals surface area contributed by atoms with Gasteiger partial charge in [-0.1, -0.05) is 35.5 Å². The molecule has 1 heterocycles. The summed E-state index contributed by atoms with van der Waals surface area (Å²) in [5.41, 5.74) is 1.09. The van der Waals surface area contributed by atoms with E-state index in [1.165, 1.54) is 0 Å². The van der Waals surface area contributed by atoms with Crippen molar-refractivity contribution >= 4 is 34.2 Å². The van der Waals surface area contributed by atoms with Crippen molar-refractivity contribution in [1.29, 1.82) is 0 Å². The molecule has 0 aliphatic carbocycles. The van der Waals surface area contributed by atoms with Crippen molar-refractivity contribution in [2.45, 2.75) is 39.8 Å². The van der Waals surface area contributed by atoms with Gasteiger partial charge in [-0.25, -0.2) is 0 Å². The number of hydrogen-bond acceptors (Lipinski definition) is 3. The zero-order chi connectivity index (χ0) is 14.7. The van der Waals surface area contributed by atoms with Crippen LogP contribution in [-0.4, -0.2) is 34.7 Å². The molecule has 1 fully saturated rings. The summed E-state index contributed by atoms with van der Waals surface area (Å²) < 4.78 is 0. The normalized spacial score (nSPS) is 18.4. The number of amidine groups is 1. The monoisotopic (exact) mass is 311 g/mol. The van der Waals surface area contributed by atoms with Gasteiger partial charge in [-0.3, -0.25) is 4.99 Å². The van der Waals surface area contributed by atoms with Crippen molar-refractivity contribution in [2.75, 3.05) is 17.4 Å². The number of nitrogens with zero attached hydrogens (tertiary/aromatic N) is 3. The van der Waals surface area contributed by atoms with Crippen molar-refractivity contribution in [1.82, 2.24) is 4.90 Å². The average Bonchev–Trinajstić information content (AvgIpc) is 2.39. The third-order valence-corrected chi connectivity index (χ3v) is 4.46. The Bertz CT molecular complexity index is 488. The van der Waals surface area contributed by atoms with Crippen molar-refractivity contribution in [2.24, 2.45) is 4.99 Å². The molecule has 0 radical (unpaired) electrons. The van der Waals surface area contributed by atoms with Crippen LogP contribution in [0.5, 0.6) is 0 Å². The molecule has 1 aromatic carbocycles. The summed E-state index contributed by atoms with van der Waals surface area (Å²) in [6.07, 6.45) is 0. The molecule has 0 aromatic heterocycles. The minimum atomic E-state index is 0.325. The van der Waals surface area contributed by atoms with Crippen molar-refractivity contribution < 1.29 is 0 Å². The summed E-state index contributed by atoms with van der Waals surface area (Å²) in [7, 11) is 0. The van der Waals surface area contributed by atoms with Crippen molar-refractivity contribution in [3.63, 3.8) is 0 Å². The van der Waals surface area contributed by atoms with Crippen LogP contribution in [0.25, 0.3) is 0 Å². The Morgan fingerprint density at radius 2 is 1.90 bits per heavy atom. The first-order valence-electron chi connectivity index (χ1n) is 6.95. The maximum atomic E-state index is 6.31. The number of hydrogen-bond donors (Lipinski definition) is 0. The molecule has 1 aromatic rings. The molecule has 2 rings (SSSR count). The molecule has 0 spiro atoms. The number of aliphatic imine (C=N–C) groups is 1. The highest BCUT2D eigenvalue weighted by molar-refractivity contribution is 8.13. The van der Waals surface area contributed by atoms with E-state index in [1.807, 2.05) is 18.2 Å². The first-order chi connectivity index (χ1) is 9.49. The maximum absolute atomic E-state index is 6.31. The summed E-state index contributed by atoms with van der Waals surface area (Å²) in [5.74, 6) is 0.887. The number of thioether (sulfide) groups is 1. The Kier molecular flexibility index (Phi) is 5.22. The Labute approximate surface area is 131 Å². The highest BCUT2D eigenvalue weighted by Crippen LogP contribution is 2.31. The summed E-state index contributed by atoms with van der Waals surface area (Å²) in [6.45, 7) is 9.47. The highest BCUT2D eigenvalue weighted by Gasteiger charge is 2.26. The number of para-hydroxylation sites is 1. The molecule has 0 bridgehead atoms. The predicted molar refractivity (Wildman–Crippen MR) is 90.8 cm³/mol. The van der Waals surface area contributed by atoms with Gasteiger partial charge in [0.2, 0.25) is 0 Å². The van der Waals surface area contributed by atoms with Gasteiger partial charge >= 0.3 is 0 Å². The second kappa shape index (κ2) is 6.72. The molecular formula is C15H22ClN3S. The molecular weight excluding hydrogens is 290 g/mol. The van der Waals surface area contributed by atoms with Gasteiger partial charge in [0.1, 0.15) is 0 Å². The van der Waals surface area contributed by atoms with E-state index in [1.54, 1.807) is 11.8 Å². The van der Waals surface area contributed by atoms with Crippen LogP contribution in [0.4, 0.5) is 5.69 Å². The lowest BCUT2D eigenvalue weighted by molar-refractivity contribution is 0.351. The maximum Gasteiger partial charge on any atom is 0.162 e. The summed E-state index contributed by atoms with van der Waals surface area (Å²) >= 11 is 8.09. The first-order valence-corrected chi connectivity index (χ1v) is 8.32. The topological polar surface area (TPSA) is 18.8 Å². The van der Waals surface area contributed by atoms with E-state index in [0.717, 1.165) is 28.4 Å². The van der Waals surface area contributed by atoms with E-state index >= 15 is 0 Å². The van der Waals surface area contributed by atoms with Crippen LogP contribution in [0.3, 0.4) is 0 Å². The number of anilines is 1. The standard InChI is InChI=1S/C15H22ClN3S/c1-11(2)17-15-19(12(3)4)9-18(10-20-15)14-8-6-5-7-13(14)16/h5-8,11-12H,9-10H2,1-4H3. The van der Waals surface area contributed by atoms with E-state index < -0.39 is 0 Å². The molecule has 3 nitrogen and oxygen atoms in total. The lowest BCUT2D eigenvalue weighted by Gasteiger charge is -2.41. The van der Waals surface area contributed by atoms with Crippen molar-refractivity contribution in [3.8, 4) is 0 Å². The van der Waals surface area contributed by atoms with Gasteiger partial charge in [0, 0.05) is 12.1 Å². The summed E-state index contributed by atoms with van der Waals surface area (Å²) in [5, 5.41) is 1.94. The second-order valence-corrected chi connectivity index (χ2v) is 6.79. The number of rotatable bonds is 3. The number of benzene rings is 1. The van der Waals surface area contributed by atoms with Crippen molar-refractivity contribution in [3.05, 3.63) is 29.3 Å². The Morgan fingerprint density at radius 1 is 1.20 bits per heavy atom. The zero-order valence-electron chi connectivity index (χ0n) is 12.5. The SMILES string of the molecule is CC(C)N=C1SCN(c2ccccc2Cl)CN1C(C)C. The van der Waals surface area contributed by atoms with Crippen LogP contribution in [0.2, 0.25) is 5.02 Å². The molecule has 0 saturated carbocycles. The van der Waals surface area contributed by atoms with E-state index in [2.05, 4.69) is 43.6 Å². The highest BCUT2D eigenvalue weighted by atomic mass is 35.5. The molecule has 20 heavy (non-hydrogen) atoms. The Morgan fingerprint density at radius 3 is 2.50 bits per heavy atom. The fraction of sp³-hybridized carbons (Fsp3) is 0.533. The van der Waals surface area contributed by atoms with Crippen LogP contribution in [-0.2, 0) is 0 Å². The minimum Gasteiger partial charge on any atom is -0.343 e. The van der Waals surface area contributed by atoms with Crippen LogP contribution in [0.1, 0.15) is 27.7 Å². The molecule has 0 atom stereocenters. The van der Waals surface area contributed by atoms with E-state index in [4.69, 9.17) is 16.6 Å². The van der Waals surface area contributed by atoms with Gasteiger partial charge < -0.3 is 9.80 Å². The minimum absolute atomic E-state index is 0.325. The quantitative estimate of drug-likeness (QED) is 0.830. The average molecular weight is 312 g/mol. The summed E-state index contributed by atoms with van der Waals surface area (Å²) in [4.78, 5) is 9.36. The number of halogens is 1. The van der Waals surface area contributed by atoms with Gasteiger partial charge in [-0.15, -0.1) is 0 Å². The van der Waals surface area contributed by atoms with E-state index in [9.17, 15) is 0 Å². The fourth-order valence-electron chi connectivity index (χ4n) is 2.07. The Balaban J connectivity index is 2.21. The molecule has 1 aliphatic heterocycles. The van der Waals surface area contributed by atoms with E-state index in [0.29, 0.717) is 12.1 Å². The van der Waals surface area contributed by atoms with Gasteiger partial charge in [0.05, 0.1) is 23.3 Å². The second-order valence-electron chi connectivity index (χ2n) is 5.48. The predicted octanol–water partition coefficient (Wildman–Crippen LogP) is 4.28. The van der Waals surface area contributed by atoms with Gasteiger partial charge in [0.25, 0.3) is 0 Å². The molecule has 5 heteroatoms. The zero-order valence-corrected chi connectivity index (χ0v) is 14.1. The molecule has 1 aliphatic rings. The van der Waals surface area contributed by atoms with Gasteiger partial charge in [-0.2, -0.15) is 0 Å². The van der Waals surface area contributed by atoms with Crippen LogP contribution in [0, 0.1) is 0 Å². The first kappa shape index (κ1) is 15.5. The van der Waals surface area contributed by atoms with Crippen LogP contribution >= 0.6 is 23.4 Å². The molecule has 0 amide bonds. The lowest BCUT2D eigenvalue weighted by Crippen LogP contribution is -2.49. The smallest absolute Gasteiger partial charge is 0.162 e. The summed E-state index contributed by atoms with van der Waals surface area (Å²) in [6, 6.07) is 8.76. The third-order valence-electron chi connectivity index (χ3n) is 3.10. The molecule has 0 N–H and O–H groups in total. The fourth-order valence-corrected chi connectivity index (χ4v) is 3.54. The van der Waals surface area contributed by atoms with E-state index in [-0.39, 0.29) is 0 Å². The largest absolute Gasteiger partial charge is 0.343 e. The molecule has 0 unspecified atom stereocenters. The van der Waals surface area contributed by atoms with Gasteiger partial charge in [-0.05, 0) is 39.8 Å². The molecule has 110 valence electrons. The molecule has 1 saturated heterocycles. The Hall–Kier alpha value is -0.870.